The van der Waals surface area contributed by atoms with Crippen LogP contribution in [0.4, 0.5) is 0 Å². The molecule has 0 bridgehead atoms. The molecule has 2 saturated carbocycles. The van der Waals surface area contributed by atoms with Gasteiger partial charge in [-0.15, -0.1) is 0 Å². The molecule has 1 nitrogen and oxygen atoms in total. The Hall–Kier alpha value is -0.590. The summed E-state index contributed by atoms with van der Waals surface area (Å²) in [6.07, 6.45) is 5.99. The molecular weight excluding hydrogens is 160 g/mol. The molecule has 0 aromatic rings. The van der Waals surface area contributed by atoms with Gasteiger partial charge in [0.25, 0.3) is 0 Å². The average Bonchev–Trinajstić information content (AvgIpc) is 2.12. The predicted molar refractivity (Wildman–Crippen MR) is 53.4 cm³/mol. The van der Waals surface area contributed by atoms with Gasteiger partial charge in [0.05, 0.1) is 0 Å². The summed E-state index contributed by atoms with van der Waals surface area (Å²) >= 11 is 0. The first-order valence-corrected chi connectivity index (χ1v) is 5.42. The molecule has 0 saturated heterocycles. The van der Waals surface area contributed by atoms with Crippen molar-refractivity contribution < 1.29 is 4.79 Å². The maximum atomic E-state index is 11.9. The Balaban J connectivity index is 2.19. The van der Waals surface area contributed by atoms with Gasteiger partial charge >= 0.3 is 0 Å². The van der Waals surface area contributed by atoms with Crippen LogP contribution in [0.15, 0.2) is 12.2 Å². The zero-order valence-electron chi connectivity index (χ0n) is 8.38. The minimum absolute atomic E-state index is 0.329. The van der Waals surface area contributed by atoms with Crippen molar-refractivity contribution in [3.05, 3.63) is 12.2 Å². The molecule has 2 rings (SSSR count). The minimum atomic E-state index is 0.329. The number of hydrogen-bond donors (Lipinski definition) is 0. The van der Waals surface area contributed by atoms with E-state index < -0.39 is 0 Å². The summed E-state index contributed by atoms with van der Waals surface area (Å²) in [6, 6.07) is 0. The number of allylic oxidation sites excluding steroid dienone is 1. The number of ketones is 1. The number of carbonyl (C=O) groups is 1. The number of rotatable bonds is 0. The lowest BCUT2D eigenvalue weighted by atomic mass is 9.64. The molecule has 0 aliphatic heterocycles. The third-order valence-electron chi connectivity index (χ3n) is 3.82. The van der Waals surface area contributed by atoms with Gasteiger partial charge in [0.1, 0.15) is 0 Å². The summed E-state index contributed by atoms with van der Waals surface area (Å²) in [5.41, 5.74) is 0.884. The molecule has 0 aromatic heterocycles. The molecule has 2 aliphatic rings. The van der Waals surface area contributed by atoms with Gasteiger partial charge < -0.3 is 0 Å². The highest BCUT2D eigenvalue weighted by molar-refractivity contribution is 5.97. The largest absolute Gasteiger partial charge is 0.294 e. The fraction of sp³-hybridized carbons (Fsp3) is 0.750. The second-order valence-electron chi connectivity index (χ2n) is 4.70. The smallest absolute Gasteiger partial charge is 0.161 e. The normalized spacial score (nSPS) is 40.2. The predicted octanol–water partition coefficient (Wildman–Crippen LogP) is 2.96. The standard InChI is InChI=1S/C12H18O/c1-8-4-3-5-10-7-6-9(2)12(13)11(8)10/h8,10-11H,2-7H2,1H3. The van der Waals surface area contributed by atoms with E-state index in [0.29, 0.717) is 23.5 Å². The fourth-order valence-electron chi connectivity index (χ4n) is 3.04. The summed E-state index contributed by atoms with van der Waals surface area (Å²) in [4.78, 5) is 11.9. The van der Waals surface area contributed by atoms with Crippen molar-refractivity contribution >= 4 is 5.78 Å². The monoisotopic (exact) mass is 178 g/mol. The molecule has 1 heteroatoms. The van der Waals surface area contributed by atoms with E-state index in [1.165, 1.54) is 25.7 Å². The average molecular weight is 178 g/mol. The summed E-state index contributed by atoms with van der Waals surface area (Å²) in [6.45, 7) is 6.10. The molecule has 3 atom stereocenters. The van der Waals surface area contributed by atoms with E-state index >= 15 is 0 Å². The fourth-order valence-corrected chi connectivity index (χ4v) is 3.04. The minimum Gasteiger partial charge on any atom is -0.294 e. The molecule has 2 fully saturated rings. The molecule has 0 heterocycles. The zero-order valence-corrected chi connectivity index (χ0v) is 8.38. The van der Waals surface area contributed by atoms with Gasteiger partial charge in [-0.1, -0.05) is 19.9 Å². The maximum Gasteiger partial charge on any atom is 0.161 e. The summed E-state index contributed by atoms with van der Waals surface area (Å²) in [5.74, 6) is 1.99. The quantitative estimate of drug-likeness (QED) is 0.521. The van der Waals surface area contributed by atoms with E-state index in [4.69, 9.17) is 0 Å². The van der Waals surface area contributed by atoms with Gasteiger partial charge in [0.2, 0.25) is 0 Å². The van der Waals surface area contributed by atoms with Crippen LogP contribution in [0.1, 0.15) is 39.0 Å². The van der Waals surface area contributed by atoms with E-state index in [0.717, 1.165) is 12.0 Å². The van der Waals surface area contributed by atoms with Crippen molar-refractivity contribution in [2.45, 2.75) is 39.0 Å². The van der Waals surface area contributed by atoms with Crippen LogP contribution in [-0.4, -0.2) is 5.78 Å². The molecule has 13 heavy (non-hydrogen) atoms. The van der Waals surface area contributed by atoms with Crippen LogP contribution in [-0.2, 0) is 4.79 Å². The number of fused-ring (bicyclic) bond motifs is 1. The van der Waals surface area contributed by atoms with Gasteiger partial charge in [-0.3, -0.25) is 4.79 Å². The van der Waals surface area contributed by atoms with Crippen molar-refractivity contribution in [1.29, 1.82) is 0 Å². The van der Waals surface area contributed by atoms with E-state index in [9.17, 15) is 4.79 Å². The van der Waals surface area contributed by atoms with Crippen LogP contribution >= 0.6 is 0 Å². The first kappa shape index (κ1) is 8.98. The van der Waals surface area contributed by atoms with Crippen LogP contribution in [0.5, 0.6) is 0 Å². The van der Waals surface area contributed by atoms with Crippen LogP contribution in [0, 0.1) is 17.8 Å². The van der Waals surface area contributed by atoms with E-state index in [-0.39, 0.29) is 0 Å². The molecular formula is C12H18O. The summed E-state index contributed by atoms with van der Waals surface area (Å²) < 4.78 is 0. The van der Waals surface area contributed by atoms with Gasteiger partial charge in [0, 0.05) is 5.92 Å². The second-order valence-corrected chi connectivity index (χ2v) is 4.70. The summed E-state index contributed by atoms with van der Waals surface area (Å²) in [5, 5.41) is 0. The molecule has 0 amide bonds. The van der Waals surface area contributed by atoms with Crippen molar-refractivity contribution in [2.75, 3.05) is 0 Å². The lowest BCUT2D eigenvalue weighted by Crippen LogP contribution is -2.37. The van der Waals surface area contributed by atoms with E-state index in [2.05, 4.69) is 13.5 Å². The zero-order chi connectivity index (χ0) is 9.42. The van der Waals surface area contributed by atoms with Gasteiger partial charge in [0.15, 0.2) is 5.78 Å². The van der Waals surface area contributed by atoms with Crippen LogP contribution in [0.2, 0.25) is 0 Å². The third kappa shape index (κ3) is 1.45. The number of hydrogen-bond acceptors (Lipinski definition) is 1. The molecule has 72 valence electrons. The Morgan fingerprint density at radius 3 is 2.85 bits per heavy atom. The maximum absolute atomic E-state index is 11.9. The van der Waals surface area contributed by atoms with Gasteiger partial charge in [-0.2, -0.15) is 0 Å². The molecule has 2 aliphatic carbocycles. The Kier molecular flexibility index (Phi) is 2.27. The number of carbonyl (C=O) groups excluding carboxylic acids is 1. The lowest BCUT2D eigenvalue weighted by molar-refractivity contribution is -0.125. The molecule has 3 unspecified atom stereocenters. The molecule has 0 radical (unpaired) electrons. The third-order valence-corrected chi connectivity index (χ3v) is 3.82. The lowest BCUT2D eigenvalue weighted by Gasteiger charge is -2.39. The van der Waals surface area contributed by atoms with Crippen LogP contribution < -0.4 is 0 Å². The van der Waals surface area contributed by atoms with Crippen LogP contribution in [0.3, 0.4) is 0 Å². The Morgan fingerprint density at radius 2 is 2.08 bits per heavy atom. The highest BCUT2D eigenvalue weighted by Gasteiger charge is 2.39. The van der Waals surface area contributed by atoms with Crippen molar-refractivity contribution in [1.82, 2.24) is 0 Å². The summed E-state index contributed by atoms with van der Waals surface area (Å²) in [7, 11) is 0. The topological polar surface area (TPSA) is 17.1 Å². The van der Waals surface area contributed by atoms with Crippen molar-refractivity contribution in [3.63, 3.8) is 0 Å². The van der Waals surface area contributed by atoms with Gasteiger partial charge in [-0.05, 0) is 43.1 Å². The van der Waals surface area contributed by atoms with Gasteiger partial charge in [-0.25, -0.2) is 0 Å². The molecule has 0 N–H and O–H groups in total. The second kappa shape index (κ2) is 3.28. The highest BCUT2D eigenvalue weighted by Crippen LogP contribution is 2.42. The Bertz CT molecular complexity index is 242. The first-order chi connectivity index (χ1) is 6.20. The van der Waals surface area contributed by atoms with E-state index in [1.54, 1.807) is 0 Å². The van der Waals surface area contributed by atoms with Crippen molar-refractivity contribution in [3.8, 4) is 0 Å². The number of Topliss-reactive ketones (excluding diaryl/α,β-unsaturated/α-hetero) is 1. The van der Waals surface area contributed by atoms with E-state index in [1.807, 2.05) is 0 Å². The van der Waals surface area contributed by atoms with Crippen LogP contribution in [0.25, 0.3) is 0 Å². The Labute approximate surface area is 80.2 Å². The Morgan fingerprint density at radius 1 is 1.31 bits per heavy atom. The molecule has 0 spiro atoms. The van der Waals surface area contributed by atoms with Crippen molar-refractivity contribution in [2.24, 2.45) is 17.8 Å². The molecule has 0 aromatic carbocycles. The highest BCUT2D eigenvalue weighted by atomic mass is 16.1. The first-order valence-electron chi connectivity index (χ1n) is 5.42. The SMILES string of the molecule is C=C1CCC2CCCC(C)C2C1=O.